The van der Waals surface area contributed by atoms with E-state index >= 15 is 0 Å². The average molecular weight is 250 g/mol. The van der Waals surface area contributed by atoms with Crippen molar-refractivity contribution in [3.8, 4) is 5.75 Å². The molecule has 0 aliphatic carbocycles. The third kappa shape index (κ3) is 5.50. The van der Waals surface area contributed by atoms with E-state index in [1.54, 1.807) is 12.1 Å². The minimum Gasteiger partial charge on any atom is -0.493 e. The molecule has 4 heteroatoms. The maximum absolute atomic E-state index is 10.7. The number of carboxylic acid groups (broad SMARTS) is 1. The highest BCUT2D eigenvalue weighted by molar-refractivity contribution is 5.87. The van der Waals surface area contributed by atoms with Crippen LogP contribution in [0.15, 0.2) is 36.4 Å². The van der Waals surface area contributed by atoms with Gasteiger partial charge in [0.15, 0.2) is 0 Å². The fourth-order valence-electron chi connectivity index (χ4n) is 1.32. The quantitative estimate of drug-likeness (QED) is 0.569. The molecule has 4 nitrogen and oxygen atoms in total. The van der Waals surface area contributed by atoms with E-state index in [2.05, 4.69) is 0 Å². The van der Waals surface area contributed by atoms with E-state index < -0.39 is 5.97 Å². The zero-order valence-corrected chi connectivity index (χ0v) is 10.5. The molecule has 18 heavy (non-hydrogen) atoms. The number of allylic oxidation sites excluding steroid dienone is 1. The summed E-state index contributed by atoms with van der Waals surface area (Å²) in [6.45, 7) is 3.70. The van der Waals surface area contributed by atoms with E-state index in [0.717, 1.165) is 6.42 Å². The summed E-state index contributed by atoms with van der Waals surface area (Å²) in [5.41, 5.74) is 0.233. The molecule has 0 saturated carbocycles. The van der Waals surface area contributed by atoms with Crippen molar-refractivity contribution < 1.29 is 19.4 Å². The zero-order valence-electron chi connectivity index (χ0n) is 10.5. The molecule has 0 spiro atoms. The summed E-state index contributed by atoms with van der Waals surface area (Å²) >= 11 is 0. The Bertz CT molecular complexity index is 399. The summed E-state index contributed by atoms with van der Waals surface area (Å²) in [6, 6.07) is 6.47. The maximum Gasteiger partial charge on any atom is 0.335 e. The van der Waals surface area contributed by atoms with E-state index in [4.69, 9.17) is 14.6 Å². The van der Waals surface area contributed by atoms with Gasteiger partial charge in [0.05, 0.1) is 25.4 Å². The Kier molecular flexibility index (Phi) is 6.58. The molecule has 0 aromatic heterocycles. The van der Waals surface area contributed by atoms with E-state index in [1.807, 2.05) is 19.1 Å². The number of hydrogen-bond donors (Lipinski definition) is 1. The lowest BCUT2D eigenvalue weighted by atomic mass is 10.2. The number of rotatable bonds is 8. The molecule has 1 aromatic rings. The lowest BCUT2D eigenvalue weighted by Crippen LogP contribution is -2.04. The van der Waals surface area contributed by atoms with Gasteiger partial charge in [0.2, 0.25) is 0 Å². The summed E-state index contributed by atoms with van der Waals surface area (Å²) in [5.74, 6) is -0.376. The Morgan fingerprint density at radius 2 is 2.22 bits per heavy atom. The molecule has 1 rings (SSSR count). The summed E-state index contributed by atoms with van der Waals surface area (Å²) in [5, 5.41) is 8.82. The maximum atomic E-state index is 10.7. The first-order valence-electron chi connectivity index (χ1n) is 5.89. The lowest BCUT2D eigenvalue weighted by molar-refractivity contribution is 0.0696. The van der Waals surface area contributed by atoms with Crippen molar-refractivity contribution in [3.63, 3.8) is 0 Å². The molecule has 0 aliphatic heterocycles. The lowest BCUT2D eigenvalue weighted by Gasteiger charge is -2.06. The highest BCUT2D eigenvalue weighted by Crippen LogP contribution is 2.13. The zero-order chi connectivity index (χ0) is 13.2. The van der Waals surface area contributed by atoms with Crippen LogP contribution in [0, 0.1) is 0 Å². The van der Waals surface area contributed by atoms with Crippen molar-refractivity contribution in [1.82, 2.24) is 0 Å². The van der Waals surface area contributed by atoms with Gasteiger partial charge in [-0.2, -0.15) is 0 Å². The van der Waals surface area contributed by atoms with Gasteiger partial charge < -0.3 is 14.6 Å². The van der Waals surface area contributed by atoms with Gasteiger partial charge in [-0.1, -0.05) is 18.2 Å². The molecule has 0 unspecified atom stereocenters. The molecule has 0 fully saturated rings. The van der Waals surface area contributed by atoms with Gasteiger partial charge in [-0.3, -0.25) is 0 Å². The van der Waals surface area contributed by atoms with Crippen LogP contribution in [0.25, 0.3) is 0 Å². The van der Waals surface area contributed by atoms with Crippen LogP contribution in [0.5, 0.6) is 5.75 Å². The molecule has 0 radical (unpaired) electrons. The third-order valence-corrected chi connectivity index (χ3v) is 2.23. The van der Waals surface area contributed by atoms with Crippen LogP contribution >= 0.6 is 0 Å². The van der Waals surface area contributed by atoms with Crippen LogP contribution in [0.2, 0.25) is 0 Å². The van der Waals surface area contributed by atoms with Crippen LogP contribution in [0.1, 0.15) is 23.7 Å². The number of aromatic carboxylic acids is 1. The Balaban J connectivity index is 2.23. The van der Waals surface area contributed by atoms with Crippen molar-refractivity contribution in [2.24, 2.45) is 0 Å². The molecule has 0 saturated heterocycles. The fourth-order valence-corrected chi connectivity index (χ4v) is 1.32. The van der Waals surface area contributed by atoms with Gasteiger partial charge in [-0.05, 0) is 25.1 Å². The molecule has 0 aliphatic rings. The summed E-state index contributed by atoms with van der Waals surface area (Å²) in [4.78, 5) is 10.7. The number of carboxylic acids is 1. The van der Waals surface area contributed by atoms with Gasteiger partial charge >= 0.3 is 5.97 Å². The Morgan fingerprint density at radius 1 is 1.39 bits per heavy atom. The number of carbonyl (C=O) groups is 1. The minimum atomic E-state index is -0.949. The Morgan fingerprint density at radius 3 is 2.94 bits per heavy atom. The Labute approximate surface area is 107 Å². The van der Waals surface area contributed by atoms with Gasteiger partial charge in [-0.15, -0.1) is 0 Å². The molecule has 1 N–H and O–H groups in total. The average Bonchev–Trinajstić information content (AvgIpc) is 2.38. The van der Waals surface area contributed by atoms with E-state index in [9.17, 15) is 4.79 Å². The van der Waals surface area contributed by atoms with E-state index in [0.29, 0.717) is 25.6 Å². The summed E-state index contributed by atoms with van der Waals surface area (Å²) in [6.07, 6.45) is 4.65. The fraction of sp³-hybridized carbons (Fsp3) is 0.357. The first-order chi connectivity index (χ1) is 8.74. The van der Waals surface area contributed by atoms with Crippen molar-refractivity contribution in [2.75, 3.05) is 19.8 Å². The Hall–Kier alpha value is -1.81. The van der Waals surface area contributed by atoms with Gasteiger partial charge in [-0.25, -0.2) is 4.79 Å². The largest absolute Gasteiger partial charge is 0.493 e. The highest BCUT2D eigenvalue weighted by Gasteiger charge is 2.03. The predicted molar refractivity (Wildman–Crippen MR) is 69.1 cm³/mol. The second-order valence-corrected chi connectivity index (χ2v) is 3.68. The monoisotopic (exact) mass is 250 g/mol. The standard InChI is InChI=1S/C14H18O4/c1-2-3-8-17-9-5-10-18-13-7-4-6-12(11-13)14(15)16/h2-4,6-7,11H,5,8-10H2,1H3,(H,15,16)/b3-2+. The van der Waals surface area contributed by atoms with Crippen molar-refractivity contribution in [3.05, 3.63) is 42.0 Å². The van der Waals surface area contributed by atoms with Crippen molar-refractivity contribution in [2.45, 2.75) is 13.3 Å². The van der Waals surface area contributed by atoms with E-state index in [1.165, 1.54) is 12.1 Å². The van der Waals surface area contributed by atoms with Gasteiger partial charge in [0.25, 0.3) is 0 Å². The van der Waals surface area contributed by atoms with Crippen LogP contribution in [-0.4, -0.2) is 30.9 Å². The molecule has 98 valence electrons. The third-order valence-electron chi connectivity index (χ3n) is 2.23. The number of ether oxygens (including phenoxy) is 2. The topological polar surface area (TPSA) is 55.8 Å². The summed E-state index contributed by atoms with van der Waals surface area (Å²) < 4.78 is 10.8. The number of benzene rings is 1. The highest BCUT2D eigenvalue weighted by atomic mass is 16.5. The predicted octanol–water partition coefficient (Wildman–Crippen LogP) is 2.75. The molecular weight excluding hydrogens is 232 g/mol. The molecule has 0 bridgehead atoms. The van der Waals surface area contributed by atoms with E-state index in [-0.39, 0.29) is 5.56 Å². The van der Waals surface area contributed by atoms with Crippen molar-refractivity contribution >= 4 is 5.97 Å². The van der Waals surface area contributed by atoms with Gasteiger partial charge in [0, 0.05) is 6.42 Å². The molecule has 0 amide bonds. The second kappa shape index (κ2) is 8.31. The molecule has 0 heterocycles. The van der Waals surface area contributed by atoms with Gasteiger partial charge in [0.1, 0.15) is 5.75 Å². The first kappa shape index (κ1) is 14.3. The molecular formula is C14H18O4. The molecule has 1 aromatic carbocycles. The number of hydrogen-bond acceptors (Lipinski definition) is 3. The SMILES string of the molecule is C/C=C/COCCCOc1cccc(C(=O)O)c1. The van der Waals surface area contributed by atoms with Crippen LogP contribution in [0.4, 0.5) is 0 Å². The minimum absolute atomic E-state index is 0.233. The van der Waals surface area contributed by atoms with Crippen molar-refractivity contribution in [1.29, 1.82) is 0 Å². The van der Waals surface area contributed by atoms with Crippen LogP contribution in [0.3, 0.4) is 0 Å². The normalized spacial score (nSPS) is 10.7. The van der Waals surface area contributed by atoms with Crippen LogP contribution in [-0.2, 0) is 4.74 Å². The smallest absolute Gasteiger partial charge is 0.335 e. The molecule has 0 atom stereocenters. The second-order valence-electron chi connectivity index (χ2n) is 3.68. The van der Waals surface area contributed by atoms with Crippen LogP contribution < -0.4 is 4.74 Å². The summed E-state index contributed by atoms with van der Waals surface area (Å²) in [7, 11) is 0. The first-order valence-corrected chi connectivity index (χ1v) is 5.89.